The van der Waals surface area contributed by atoms with Crippen molar-refractivity contribution in [3.8, 4) is 17.0 Å². The molecule has 1 aromatic carbocycles. The van der Waals surface area contributed by atoms with E-state index in [0.29, 0.717) is 24.2 Å². The molecule has 2 aromatic heterocycles. The minimum atomic E-state index is -0.600. The number of oxazole rings is 1. The summed E-state index contributed by atoms with van der Waals surface area (Å²) < 4.78 is 12.5. The number of hydrogen-bond donors (Lipinski definition) is 1. The van der Waals surface area contributed by atoms with Crippen molar-refractivity contribution in [3.05, 3.63) is 73.0 Å². The molecule has 144 valence electrons. The fraction of sp³-hybridized carbons (Fsp3) is 0.190. The number of rotatable bonds is 8. The Hall–Kier alpha value is -3.61. The maximum atomic E-state index is 12.1. The molecule has 0 atom stereocenters. The minimum absolute atomic E-state index is 0.0755. The lowest BCUT2D eigenvalue weighted by molar-refractivity contribution is -0.121. The monoisotopic (exact) mass is 379 g/mol. The van der Waals surface area contributed by atoms with Gasteiger partial charge in [0.1, 0.15) is 0 Å². The number of hydrogen-bond acceptors (Lipinski definition) is 5. The lowest BCUT2D eigenvalue weighted by Crippen LogP contribution is -2.22. The molecule has 0 radical (unpaired) electrons. The number of allylic oxidation sites excluding steroid dienone is 1. The lowest BCUT2D eigenvalue weighted by atomic mass is 10.1. The van der Waals surface area contributed by atoms with Gasteiger partial charge >= 0.3 is 5.97 Å². The largest absolute Gasteiger partial charge is 0.464 e. The fourth-order valence-corrected chi connectivity index (χ4v) is 2.66. The second-order valence-corrected chi connectivity index (χ2v) is 6.02. The molecule has 0 aliphatic carbocycles. The molecular formula is C21H21N3O4. The second-order valence-electron chi connectivity index (χ2n) is 6.02. The van der Waals surface area contributed by atoms with Crippen molar-refractivity contribution >= 4 is 11.9 Å². The third-order valence-corrected chi connectivity index (χ3v) is 4.09. The van der Waals surface area contributed by atoms with E-state index in [0.717, 1.165) is 5.69 Å². The van der Waals surface area contributed by atoms with Gasteiger partial charge in [0.25, 0.3) is 0 Å². The number of methoxy groups -OCH3 is 1. The van der Waals surface area contributed by atoms with E-state index in [9.17, 15) is 9.59 Å². The SMILES string of the molecule is C=CCCC(=O)NCc1nc(C(=O)OC)c(-c2ccc(-n3cccc3)cc2)o1. The number of aromatic nitrogens is 2. The predicted molar refractivity (Wildman–Crippen MR) is 104 cm³/mol. The van der Waals surface area contributed by atoms with E-state index in [4.69, 9.17) is 9.15 Å². The topological polar surface area (TPSA) is 86.4 Å². The van der Waals surface area contributed by atoms with E-state index in [2.05, 4.69) is 16.9 Å². The van der Waals surface area contributed by atoms with Gasteiger partial charge in [-0.05, 0) is 42.8 Å². The van der Waals surface area contributed by atoms with Crippen molar-refractivity contribution in [3.63, 3.8) is 0 Å². The lowest BCUT2D eigenvalue weighted by Gasteiger charge is -2.04. The molecule has 0 spiro atoms. The zero-order valence-corrected chi connectivity index (χ0v) is 15.6. The van der Waals surface area contributed by atoms with E-state index >= 15 is 0 Å². The fourth-order valence-electron chi connectivity index (χ4n) is 2.66. The van der Waals surface area contributed by atoms with Crippen molar-refractivity contribution in [2.75, 3.05) is 7.11 Å². The molecule has 7 nitrogen and oxygen atoms in total. The molecular weight excluding hydrogens is 358 g/mol. The molecule has 0 aliphatic heterocycles. The average molecular weight is 379 g/mol. The highest BCUT2D eigenvalue weighted by molar-refractivity contribution is 5.93. The molecule has 0 fully saturated rings. The average Bonchev–Trinajstić information content (AvgIpc) is 3.40. The molecule has 0 unspecified atom stereocenters. The smallest absolute Gasteiger partial charge is 0.360 e. The van der Waals surface area contributed by atoms with Crippen molar-refractivity contribution in [2.24, 2.45) is 0 Å². The predicted octanol–water partition coefficient (Wildman–Crippen LogP) is 3.50. The summed E-state index contributed by atoms with van der Waals surface area (Å²) in [6.45, 7) is 3.67. The van der Waals surface area contributed by atoms with Crippen LogP contribution in [0.25, 0.3) is 17.0 Å². The number of nitrogens with zero attached hydrogens (tertiary/aromatic N) is 2. The van der Waals surface area contributed by atoms with E-state index in [1.807, 2.05) is 53.4 Å². The van der Waals surface area contributed by atoms with Gasteiger partial charge in [-0.25, -0.2) is 9.78 Å². The number of nitrogens with one attached hydrogen (secondary N) is 1. The summed E-state index contributed by atoms with van der Waals surface area (Å²) in [5.74, 6) is -0.203. The Balaban J connectivity index is 1.82. The van der Waals surface area contributed by atoms with Crippen LogP contribution in [0.1, 0.15) is 29.2 Å². The Morgan fingerprint density at radius 2 is 1.96 bits per heavy atom. The van der Waals surface area contributed by atoms with E-state index in [-0.39, 0.29) is 24.0 Å². The van der Waals surface area contributed by atoms with Crippen LogP contribution in [0.3, 0.4) is 0 Å². The summed E-state index contributed by atoms with van der Waals surface area (Å²) in [5, 5.41) is 2.71. The number of esters is 1. The first-order valence-electron chi connectivity index (χ1n) is 8.81. The summed E-state index contributed by atoms with van der Waals surface area (Å²) in [6, 6.07) is 11.4. The van der Waals surface area contributed by atoms with Gasteiger partial charge in [0.15, 0.2) is 11.5 Å². The third kappa shape index (κ3) is 4.37. The van der Waals surface area contributed by atoms with Gasteiger partial charge in [0, 0.05) is 30.1 Å². The van der Waals surface area contributed by atoms with Gasteiger partial charge in [-0.1, -0.05) is 6.08 Å². The maximum Gasteiger partial charge on any atom is 0.360 e. The zero-order valence-electron chi connectivity index (χ0n) is 15.6. The molecule has 0 aliphatic rings. The molecule has 3 aromatic rings. The van der Waals surface area contributed by atoms with Crippen LogP contribution in [0.15, 0.2) is 65.9 Å². The van der Waals surface area contributed by atoms with Crippen LogP contribution in [-0.4, -0.2) is 28.5 Å². The summed E-state index contributed by atoms with van der Waals surface area (Å²) in [5.41, 5.74) is 1.74. The van der Waals surface area contributed by atoms with Crippen LogP contribution in [0.2, 0.25) is 0 Å². The summed E-state index contributed by atoms with van der Waals surface area (Å²) in [6.07, 6.45) is 6.48. The van der Waals surface area contributed by atoms with Crippen LogP contribution >= 0.6 is 0 Å². The van der Waals surface area contributed by atoms with Gasteiger partial charge in [-0.3, -0.25) is 4.79 Å². The van der Waals surface area contributed by atoms with E-state index < -0.39 is 5.97 Å². The highest BCUT2D eigenvalue weighted by atomic mass is 16.5. The van der Waals surface area contributed by atoms with Crippen LogP contribution in [0.4, 0.5) is 0 Å². The van der Waals surface area contributed by atoms with Crippen molar-refractivity contribution in [1.82, 2.24) is 14.9 Å². The number of carbonyl (C=O) groups is 2. The van der Waals surface area contributed by atoms with Crippen molar-refractivity contribution in [1.29, 1.82) is 0 Å². The highest BCUT2D eigenvalue weighted by Gasteiger charge is 2.22. The number of carbonyl (C=O) groups excluding carboxylic acids is 2. The molecule has 7 heteroatoms. The Morgan fingerprint density at radius 3 is 2.61 bits per heavy atom. The standard InChI is InChI=1S/C21H21N3O4/c1-3-4-7-17(25)22-14-18-23-19(21(26)27-2)20(28-18)15-8-10-16(11-9-15)24-12-5-6-13-24/h3,5-6,8-13H,1,4,7,14H2,2H3,(H,22,25). The van der Waals surface area contributed by atoms with Gasteiger partial charge in [-0.15, -0.1) is 6.58 Å². The normalized spacial score (nSPS) is 10.5. The first kappa shape index (κ1) is 19.2. The molecule has 28 heavy (non-hydrogen) atoms. The summed E-state index contributed by atoms with van der Waals surface area (Å²) >= 11 is 0. The Kier molecular flexibility index (Phi) is 6.06. The Bertz CT molecular complexity index is 956. The summed E-state index contributed by atoms with van der Waals surface area (Å²) in [4.78, 5) is 28.1. The van der Waals surface area contributed by atoms with Crippen molar-refractivity contribution < 1.29 is 18.7 Å². The van der Waals surface area contributed by atoms with Crippen LogP contribution in [-0.2, 0) is 16.1 Å². The van der Waals surface area contributed by atoms with Crippen LogP contribution in [0.5, 0.6) is 0 Å². The van der Waals surface area contributed by atoms with E-state index in [1.54, 1.807) is 6.08 Å². The first-order valence-corrected chi connectivity index (χ1v) is 8.81. The molecule has 0 bridgehead atoms. The molecule has 1 amide bonds. The van der Waals surface area contributed by atoms with Crippen LogP contribution < -0.4 is 5.32 Å². The highest BCUT2D eigenvalue weighted by Crippen LogP contribution is 2.27. The van der Waals surface area contributed by atoms with E-state index in [1.165, 1.54) is 7.11 Å². The van der Waals surface area contributed by atoms with Gasteiger partial charge in [-0.2, -0.15) is 0 Å². The van der Waals surface area contributed by atoms with Crippen molar-refractivity contribution in [2.45, 2.75) is 19.4 Å². The van der Waals surface area contributed by atoms with Crippen LogP contribution in [0, 0.1) is 0 Å². The molecule has 1 N–H and O–H groups in total. The molecule has 0 saturated carbocycles. The number of ether oxygens (including phenoxy) is 1. The zero-order chi connectivity index (χ0) is 19.9. The second kappa shape index (κ2) is 8.85. The first-order chi connectivity index (χ1) is 13.6. The molecule has 3 rings (SSSR count). The van der Waals surface area contributed by atoms with Gasteiger partial charge in [0.05, 0.1) is 13.7 Å². The number of benzene rings is 1. The quantitative estimate of drug-likeness (QED) is 0.478. The summed E-state index contributed by atoms with van der Waals surface area (Å²) in [7, 11) is 1.28. The minimum Gasteiger partial charge on any atom is -0.464 e. The Labute approximate surface area is 162 Å². The third-order valence-electron chi connectivity index (χ3n) is 4.09. The maximum absolute atomic E-state index is 12.1. The van der Waals surface area contributed by atoms with Gasteiger partial charge in [0.2, 0.25) is 11.8 Å². The number of amides is 1. The molecule has 0 saturated heterocycles. The molecule has 2 heterocycles. The Morgan fingerprint density at radius 1 is 1.25 bits per heavy atom. The van der Waals surface area contributed by atoms with Gasteiger partial charge < -0.3 is 19.0 Å².